The molecule has 1 aliphatic rings. The van der Waals surface area contributed by atoms with Crippen molar-refractivity contribution in [2.75, 3.05) is 11.9 Å². The van der Waals surface area contributed by atoms with Gasteiger partial charge in [-0.05, 0) is 62.3 Å². The number of thiophene rings is 1. The lowest BCUT2D eigenvalue weighted by atomic mass is 10.0. The van der Waals surface area contributed by atoms with Gasteiger partial charge in [0.1, 0.15) is 11.4 Å². The predicted molar refractivity (Wildman–Crippen MR) is 132 cm³/mol. The monoisotopic (exact) mass is 466 g/mol. The number of nitrogens with one attached hydrogen (secondary N) is 1. The molecule has 0 radical (unpaired) electrons. The number of carbonyl (C=O) groups excluding carboxylic acids is 2. The third kappa shape index (κ3) is 4.71. The third-order valence-corrected chi connectivity index (χ3v) is 7.54. The highest BCUT2D eigenvalue weighted by Gasteiger charge is 2.28. The van der Waals surface area contributed by atoms with Gasteiger partial charge in [0.15, 0.2) is 0 Å². The van der Waals surface area contributed by atoms with Gasteiger partial charge in [0.2, 0.25) is 5.91 Å². The van der Waals surface area contributed by atoms with Crippen molar-refractivity contribution in [1.82, 2.24) is 14.5 Å². The first-order valence-corrected chi connectivity index (χ1v) is 12.3. The highest BCUT2D eigenvalue weighted by molar-refractivity contribution is 7.20. The van der Waals surface area contributed by atoms with Crippen molar-refractivity contribution >= 4 is 39.1 Å². The normalized spacial score (nSPS) is 16.4. The lowest BCUT2D eigenvalue weighted by molar-refractivity contribution is -0.116. The van der Waals surface area contributed by atoms with Crippen molar-refractivity contribution in [2.24, 2.45) is 0 Å². The molecule has 1 saturated heterocycles. The summed E-state index contributed by atoms with van der Waals surface area (Å²) in [5.41, 5.74) is 2.22. The number of hydrogen-bond acceptors (Lipinski definition) is 5. The Labute approximate surface area is 197 Å². The largest absolute Gasteiger partial charge is 0.335 e. The standard InChI is InChI=1S/C25H30N4O3S/c1-15(2)18-8-10-19(11-9-18)27-20(30)13-28-14-26-23-21(24(28)31)17(4)22(33-23)25(32)29-12-6-5-7-16(29)3/h8-11,14-16H,5-7,12-13H2,1-4H3,(H,27,30). The average Bonchev–Trinajstić information content (AvgIpc) is 3.13. The SMILES string of the molecule is Cc1c(C(=O)N2CCCCC2C)sc2ncn(CC(=O)Nc3ccc(C(C)C)cc3)c(=O)c12. The molecule has 33 heavy (non-hydrogen) atoms. The summed E-state index contributed by atoms with van der Waals surface area (Å²) in [5.74, 6) is 0.0768. The van der Waals surface area contributed by atoms with Crippen LogP contribution in [0.3, 0.4) is 0 Å². The summed E-state index contributed by atoms with van der Waals surface area (Å²) in [6, 6.07) is 7.88. The van der Waals surface area contributed by atoms with Crippen LogP contribution in [0, 0.1) is 6.92 Å². The molecular weight excluding hydrogens is 436 g/mol. The van der Waals surface area contributed by atoms with Gasteiger partial charge in [-0.1, -0.05) is 26.0 Å². The Hall–Kier alpha value is -3.00. The lowest BCUT2D eigenvalue weighted by Gasteiger charge is -2.33. The van der Waals surface area contributed by atoms with Crippen LogP contribution in [0.1, 0.15) is 66.8 Å². The second kappa shape index (κ2) is 9.47. The van der Waals surface area contributed by atoms with Gasteiger partial charge in [-0.2, -0.15) is 0 Å². The van der Waals surface area contributed by atoms with E-state index in [-0.39, 0.29) is 30.0 Å². The maximum absolute atomic E-state index is 13.2. The molecule has 8 heteroatoms. The first-order chi connectivity index (χ1) is 15.8. The molecule has 7 nitrogen and oxygen atoms in total. The lowest BCUT2D eigenvalue weighted by Crippen LogP contribution is -2.41. The molecular formula is C25H30N4O3S. The minimum Gasteiger partial charge on any atom is -0.335 e. The first-order valence-electron chi connectivity index (χ1n) is 11.5. The second-order valence-electron chi connectivity index (χ2n) is 9.08. The number of benzene rings is 1. The Morgan fingerprint density at radius 1 is 1.21 bits per heavy atom. The molecule has 0 saturated carbocycles. The van der Waals surface area contributed by atoms with E-state index in [9.17, 15) is 14.4 Å². The quantitative estimate of drug-likeness (QED) is 0.598. The fraction of sp³-hybridized carbons (Fsp3) is 0.440. The molecule has 1 fully saturated rings. The molecule has 0 aliphatic carbocycles. The molecule has 3 aromatic rings. The summed E-state index contributed by atoms with van der Waals surface area (Å²) in [6.07, 6.45) is 4.52. The summed E-state index contributed by atoms with van der Waals surface area (Å²) in [6.45, 7) is 8.69. The molecule has 2 aromatic heterocycles. The van der Waals surface area contributed by atoms with Crippen molar-refractivity contribution in [3.8, 4) is 0 Å². The summed E-state index contributed by atoms with van der Waals surface area (Å²) in [5, 5.41) is 3.25. The number of piperidine rings is 1. The van der Waals surface area contributed by atoms with Crippen molar-refractivity contribution in [3.05, 3.63) is 57.0 Å². The molecule has 3 heterocycles. The van der Waals surface area contributed by atoms with Crippen LogP contribution < -0.4 is 10.9 Å². The molecule has 2 amide bonds. The molecule has 1 N–H and O–H groups in total. The predicted octanol–water partition coefficient (Wildman–Crippen LogP) is 4.54. The van der Waals surface area contributed by atoms with Gasteiger partial charge in [-0.25, -0.2) is 4.98 Å². The van der Waals surface area contributed by atoms with Crippen molar-refractivity contribution in [1.29, 1.82) is 0 Å². The number of rotatable bonds is 5. The van der Waals surface area contributed by atoms with E-state index in [2.05, 4.69) is 31.1 Å². The molecule has 1 aliphatic heterocycles. The van der Waals surface area contributed by atoms with Gasteiger partial charge in [-0.3, -0.25) is 19.0 Å². The van der Waals surface area contributed by atoms with Crippen LogP contribution in [-0.2, 0) is 11.3 Å². The molecule has 4 rings (SSSR count). The van der Waals surface area contributed by atoms with Gasteiger partial charge in [0.25, 0.3) is 11.5 Å². The van der Waals surface area contributed by atoms with Crippen molar-refractivity contribution in [2.45, 2.75) is 65.5 Å². The number of aromatic nitrogens is 2. The smallest absolute Gasteiger partial charge is 0.264 e. The zero-order valence-electron chi connectivity index (χ0n) is 19.6. The molecule has 0 bridgehead atoms. The van der Waals surface area contributed by atoms with E-state index in [1.807, 2.05) is 29.2 Å². The zero-order valence-corrected chi connectivity index (χ0v) is 20.4. The van der Waals surface area contributed by atoms with Gasteiger partial charge in [0, 0.05) is 18.3 Å². The Balaban J connectivity index is 1.55. The number of nitrogens with zero attached hydrogens (tertiary/aromatic N) is 3. The highest BCUT2D eigenvalue weighted by Crippen LogP contribution is 2.30. The fourth-order valence-corrected chi connectivity index (χ4v) is 5.41. The Morgan fingerprint density at radius 3 is 2.61 bits per heavy atom. The summed E-state index contributed by atoms with van der Waals surface area (Å²) in [7, 11) is 0. The number of carbonyl (C=O) groups is 2. The number of aryl methyl sites for hydroxylation is 1. The maximum atomic E-state index is 13.2. The van der Waals surface area contributed by atoms with E-state index < -0.39 is 0 Å². The molecule has 1 atom stereocenters. The molecule has 0 spiro atoms. The number of hydrogen-bond donors (Lipinski definition) is 1. The van der Waals surface area contributed by atoms with Crippen LogP contribution in [0.2, 0.25) is 0 Å². The van der Waals surface area contributed by atoms with Crippen LogP contribution >= 0.6 is 11.3 Å². The van der Waals surface area contributed by atoms with E-state index >= 15 is 0 Å². The zero-order chi connectivity index (χ0) is 23.7. The average molecular weight is 467 g/mol. The van der Waals surface area contributed by atoms with Crippen LogP contribution in [0.25, 0.3) is 10.2 Å². The number of anilines is 1. The van der Waals surface area contributed by atoms with Crippen molar-refractivity contribution in [3.63, 3.8) is 0 Å². The summed E-state index contributed by atoms with van der Waals surface area (Å²) in [4.78, 5) is 46.3. The summed E-state index contributed by atoms with van der Waals surface area (Å²) < 4.78 is 1.30. The second-order valence-corrected chi connectivity index (χ2v) is 10.1. The topological polar surface area (TPSA) is 84.3 Å². The van der Waals surface area contributed by atoms with Gasteiger partial charge in [0.05, 0.1) is 16.6 Å². The highest BCUT2D eigenvalue weighted by atomic mass is 32.1. The number of likely N-dealkylation sites (tertiary alicyclic amines) is 1. The fourth-order valence-electron chi connectivity index (χ4n) is 4.31. The van der Waals surface area contributed by atoms with Crippen LogP contribution in [0.4, 0.5) is 5.69 Å². The minimum absolute atomic E-state index is 0.0313. The van der Waals surface area contributed by atoms with Gasteiger partial charge in [-0.15, -0.1) is 11.3 Å². The number of fused-ring (bicyclic) bond motifs is 1. The van der Waals surface area contributed by atoms with Crippen LogP contribution in [0.5, 0.6) is 0 Å². The Kier molecular flexibility index (Phi) is 6.65. The summed E-state index contributed by atoms with van der Waals surface area (Å²) >= 11 is 1.26. The maximum Gasteiger partial charge on any atom is 0.264 e. The Morgan fingerprint density at radius 2 is 1.94 bits per heavy atom. The van der Waals surface area contributed by atoms with E-state index in [1.54, 1.807) is 6.92 Å². The van der Waals surface area contributed by atoms with Gasteiger partial charge < -0.3 is 10.2 Å². The van der Waals surface area contributed by atoms with Crippen LogP contribution in [-0.4, -0.2) is 38.9 Å². The molecule has 1 aromatic carbocycles. The van der Waals surface area contributed by atoms with Gasteiger partial charge >= 0.3 is 0 Å². The van der Waals surface area contributed by atoms with E-state index in [0.29, 0.717) is 32.3 Å². The molecule has 174 valence electrons. The minimum atomic E-state index is -0.304. The molecule has 1 unspecified atom stereocenters. The Bertz CT molecular complexity index is 1240. The third-order valence-electron chi connectivity index (χ3n) is 6.35. The number of amides is 2. The van der Waals surface area contributed by atoms with Crippen molar-refractivity contribution < 1.29 is 9.59 Å². The first kappa shape index (κ1) is 23.2. The van der Waals surface area contributed by atoms with E-state index in [0.717, 1.165) is 25.8 Å². The van der Waals surface area contributed by atoms with E-state index in [4.69, 9.17) is 0 Å². The van der Waals surface area contributed by atoms with Crippen LogP contribution in [0.15, 0.2) is 35.4 Å². The van der Waals surface area contributed by atoms with E-state index in [1.165, 1.54) is 27.8 Å².